The lowest BCUT2D eigenvalue weighted by atomic mass is 9.84. The Kier molecular flexibility index (Phi) is 8.02. The first kappa shape index (κ1) is 25.0. The summed E-state index contributed by atoms with van der Waals surface area (Å²) in [5.74, 6) is -3.91. The number of carbonyl (C=O) groups is 2. The normalized spacial score (nSPS) is 21.5. The molecule has 1 saturated heterocycles. The number of piperazine rings is 1. The van der Waals surface area contributed by atoms with Crippen LogP contribution in [0, 0.1) is 11.8 Å². The van der Waals surface area contributed by atoms with Gasteiger partial charge < -0.3 is 20.1 Å². The van der Waals surface area contributed by atoms with E-state index in [1.807, 2.05) is 26.8 Å². The van der Waals surface area contributed by atoms with Crippen LogP contribution >= 0.6 is 0 Å². The van der Waals surface area contributed by atoms with Crippen LogP contribution in [-0.2, 0) is 15.1 Å². The van der Waals surface area contributed by atoms with E-state index in [1.165, 1.54) is 19.3 Å². The van der Waals surface area contributed by atoms with Crippen LogP contribution in [0.3, 0.4) is 0 Å². The predicted molar refractivity (Wildman–Crippen MR) is 113 cm³/mol. The van der Waals surface area contributed by atoms with E-state index in [9.17, 15) is 19.1 Å². The lowest BCUT2D eigenvalue weighted by Crippen LogP contribution is -2.62. The quantitative estimate of drug-likeness (QED) is 0.364. The smallest absolute Gasteiger partial charge is 0.272 e. The topological polar surface area (TPSA) is 111 Å². The molecular formula is C22H34FN3O5. The summed E-state index contributed by atoms with van der Waals surface area (Å²) < 4.78 is 19.3. The van der Waals surface area contributed by atoms with Gasteiger partial charge in [0.15, 0.2) is 0 Å². The summed E-state index contributed by atoms with van der Waals surface area (Å²) in [6, 6.07) is 6.91. The Morgan fingerprint density at radius 2 is 2.06 bits per heavy atom. The van der Waals surface area contributed by atoms with Crippen molar-refractivity contribution >= 4 is 11.8 Å². The number of nitrogens with one attached hydrogen (secondary N) is 2. The van der Waals surface area contributed by atoms with E-state index >= 15 is 0 Å². The second-order valence-electron chi connectivity index (χ2n) is 9.09. The SMILES string of the molecule is CC(C)C[C@H](C(=O)N1CCNC[C@@]1(C)c1cccc(OC(C)(C)F)c1)[C@H](O)C(=O)NO. The molecule has 1 aromatic rings. The number of hydrogen-bond donors (Lipinski definition) is 4. The van der Waals surface area contributed by atoms with Crippen LogP contribution < -0.4 is 15.5 Å². The van der Waals surface area contributed by atoms with Crippen LogP contribution in [0.2, 0.25) is 0 Å². The highest BCUT2D eigenvalue weighted by atomic mass is 19.2. The van der Waals surface area contributed by atoms with Gasteiger partial charge in [-0.3, -0.25) is 14.8 Å². The molecule has 1 aliphatic rings. The van der Waals surface area contributed by atoms with Gasteiger partial charge in [-0.05, 0) is 37.0 Å². The van der Waals surface area contributed by atoms with E-state index in [4.69, 9.17) is 9.94 Å². The highest BCUT2D eigenvalue weighted by molar-refractivity contribution is 5.89. The van der Waals surface area contributed by atoms with Gasteiger partial charge in [0.2, 0.25) is 11.8 Å². The Labute approximate surface area is 182 Å². The standard InChI is InChI=1S/C22H34FN3O5/c1-14(2)11-17(18(27)19(28)25-30)20(29)26-10-9-24-13-22(26,5)15-7-6-8-16(12-15)31-21(3,4)23/h6-8,12,14,17-18,24,27,30H,9-11,13H2,1-5H3,(H,25,28)/t17-,18-,22-/m0/s1. The van der Waals surface area contributed by atoms with Crippen LogP contribution in [0.5, 0.6) is 5.75 Å². The second-order valence-corrected chi connectivity index (χ2v) is 9.09. The van der Waals surface area contributed by atoms with Crippen LogP contribution in [0.15, 0.2) is 24.3 Å². The van der Waals surface area contributed by atoms with Crippen LogP contribution in [0.4, 0.5) is 4.39 Å². The fourth-order valence-electron chi connectivity index (χ4n) is 3.97. The van der Waals surface area contributed by atoms with Crippen molar-refractivity contribution in [3.63, 3.8) is 0 Å². The summed E-state index contributed by atoms with van der Waals surface area (Å²) in [5.41, 5.74) is 1.35. The van der Waals surface area contributed by atoms with Gasteiger partial charge in [0, 0.05) is 33.5 Å². The lowest BCUT2D eigenvalue weighted by molar-refractivity contribution is -0.156. The Bertz CT molecular complexity index is 783. The molecular weight excluding hydrogens is 405 g/mol. The summed E-state index contributed by atoms with van der Waals surface area (Å²) in [4.78, 5) is 27.1. The predicted octanol–water partition coefficient (Wildman–Crippen LogP) is 1.95. The minimum absolute atomic E-state index is 0.0350. The molecule has 9 heteroatoms. The van der Waals surface area contributed by atoms with Gasteiger partial charge in [-0.1, -0.05) is 26.0 Å². The molecule has 0 spiro atoms. The molecule has 0 bridgehead atoms. The maximum atomic E-state index is 14.0. The minimum atomic E-state index is -1.86. The average molecular weight is 440 g/mol. The monoisotopic (exact) mass is 439 g/mol. The van der Waals surface area contributed by atoms with Crippen molar-refractivity contribution in [3.05, 3.63) is 29.8 Å². The number of rotatable bonds is 8. The first-order valence-electron chi connectivity index (χ1n) is 10.5. The van der Waals surface area contributed by atoms with E-state index in [-0.39, 0.29) is 18.2 Å². The van der Waals surface area contributed by atoms with Crippen molar-refractivity contribution in [1.82, 2.24) is 15.7 Å². The van der Waals surface area contributed by atoms with E-state index in [1.54, 1.807) is 23.1 Å². The molecule has 3 atom stereocenters. The first-order chi connectivity index (χ1) is 14.4. The zero-order chi connectivity index (χ0) is 23.4. The number of halogens is 1. The molecule has 1 fully saturated rings. The number of hydrogen-bond acceptors (Lipinski definition) is 6. The molecule has 0 radical (unpaired) electrons. The van der Waals surface area contributed by atoms with Crippen molar-refractivity contribution in [1.29, 1.82) is 0 Å². The van der Waals surface area contributed by atoms with E-state index in [2.05, 4.69) is 5.32 Å². The number of ether oxygens (including phenoxy) is 1. The summed E-state index contributed by atoms with van der Waals surface area (Å²) >= 11 is 0. The number of carbonyl (C=O) groups excluding carboxylic acids is 2. The molecule has 1 aliphatic heterocycles. The third-order valence-electron chi connectivity index (χ3n) is 5.46. The number of amides is 2. The second kappa shape index (κ2) is 9.93. The molecule has 8 nitrogen and oxygen atoms in total. The average Bonchev–Trinajstić information content (AvgIpc) is 2.69. The van der Waals surface area contributed by atoms with Crippen molar-refractivity contribution in [2.24, 2.45) is 11.8 Å². The highest BCUT2D eigenvalue weighted by Crippen LogP contribution is 2.35. The Hall–Kier alpha value is -2.23. The van der Waals surface area contributed by atoms with Crippen LogP contribution in [0.25, 0.3) is 0 Å². The summed E-state index contributed by atoms with van der Waals surface area (Å²) in [6.07, 6.45) is -1.41. The summed E-state index contributed by atoms with van der Waals surface area (Å²) in [6.45, 7) is 9.61. The summed E-state index contributed by atoms with van der Waals surface area (Å²) in [5, 5.41) is 22.7. The number of alkyl halides is 1. The minimum Gasteiger partial charge on any atom is -0.459 e. The molecule has 0 aliphatic carbocycles. The Balaban J connectivity index is 2.42. The van der Waals surface area contributed by atoms with Crippen molar-refractivity contribution < 1.29 is 29.0 Å². The fourth-order valence-corrected chi connectivity index (χ4v) is 3.97. The van der Waals surface area contributed by atoms with E-state index in [0.717, 1.165) is 5.56 Å². The molecule has 174 valence electrons. The molecule has 2 amide bonds. The van der Waals surface area contributed by atoms with Crippen molar-refractivity contribution in [2.75, 3.05) is 19.6 Å². The van der Waals surface area contributed by atoms with E-state index in [0.29, 0.717) is 25.4 Å². The molecule has 1 aromatic carbocycles. The maximum Gasteiger partial charge on any atom is 0.272 e. The van der Waals surface area contributed by atoms with Gasteiger partial charge in [0.1, 0.15) is 11.9 Å². The zero-order valence-electron chi connectivity index (χ0n) is 18.8. The third kappa shape index (κ3) is 6.15. The third-order valence-corrected chi connectivity index (χ3v) is 5.46. The number of aliphatic hydroxyl groups is 1. The van der Waals surface area contributed by atoms with Gasteiger partial charge in [-0.15, -0.1) is 0 Å². The molecule has 31 heavy (non-hydrogen) atoms. The lowest BCUT2D eigenvalue weighted by Gasteiger charge is -2.47. The van der Waals surface area contributed by atoms with Crippen LogP contribution in [0.1, 0.15) is 46.6 Å². The first-order valence-corrected chi connectivity index (χ1v) is 10.5. The molecule has 0 saturated carbocycles. The maximum absolute atomic E-state index is 14.0. The molecule has 1 heterocycles. The number of nitrogens with zero attached hydrogens (tertiary/aromatic N) is 1. The van der Waals surface area contributed by atoms with E-state index < -0.39 is 29.3 Å². The number of aliphatic hydroxyl groups excluding tert-OH is 1. The largest absolute Gasteiger partial charge is 0.459 e. The Morgan fingerprint density at radius 3 is 2.65 bits per heavy atom. The number of benzene rings is 1. The van der Waals surface area contributed by atoms with Gasteiger partial charge in [0.25, 0.3) is 5.91 Å². The van der Waals surface area contributed by atoms with Crippen molar-refractivity contribution in [2.45, 2.75) is 58.5 Å². The van der Waals surface area contributed by atoms with Gasteiger partial charge in [-0.2, -0.15) is 4.39 Å². The highest BCUT2D eigenvalue weighted by Gasteiger charge is 2.44. The van der Waals surface area contributed by atoms with Crippen LogP contribution in [-0.4, -0.2) is 58.6 Å². The van der Waals surface area contributed by atoms with Gasteiger partial charge >= 0.3 is 0 Å². The van der Waals surface area contributed by atoms with Crippen molar-refractivity contribution in [3.8, 4) is 5.75 Å². The zero-order valence-corrected chi connectivity index (χ0v) is 18.8. The Morgan fingerprint density at radius 1 is 1.39 bits per heavy atom. The number of hydroxylamine groups is 1. The molecule has 2 rings (SSSR count). The molecule has 4 N–H and O–H groups in total. The van der Waals surface area contributed by atoms with Gasteiger partial charge in [-0.25, -0.2) is 5.48 Å². The summed E-state index contributed by atoms with van der Waals surface area (Å²) in [7, 11) is 0. The molecule has 0 aromatic heterocycles. The fraction of sp³-hybridized carbons (Fsp3) is 0.636. The molecule has 0 unspecified atom stereocenters. The van der Waals surface area contributed by atoms with Gasteiger partial charge in [0.05, 0.1) is 11.5 Å².